The zero-order chi connectivity index (χ0) is 17.9. The lowest BCUT2D eigenvalue weighted by molar-refractivity contribution is 0.628. The standard InChI is InChI=1S/C19H13ClFN5/c20-14-9-13(6-7-15(14)21)25-17-10-18(24-11-23-17)26-16-5-1-3-12-4-2-8-22-19(12)16/h1-11H,(H2,23,24,25,26). The van der Waals surface area contributed by atoms with E-state index in [9.17, 15) is 4.39 Å². The molecule has 128 valence electrons. The monoisotopic (exact) mass is 365 g/mol. The van der Waals surface area contributed by atoms with Gasteiger partial charge in [-0.25, -0.2) is 14.4 Å². The minimum absolute atomic E-state index is 0.0456. The SMILES string of the molecule is Fc1ccc(Nc2cc(Nc3cccc4cccnc34)ncn2)cc1Cl. The van der Waals surface area contributed by atoms with Crippen LogP contribution in [-0.2, 0) is 0 Å². The van der Waals surface area contributed by atoms with Gasteiger partial charge in [-0.2, -0.15) is 0 Å². The molecule has 0 saturated heterocycles. The normalized spacial score (nSPS) is 10.7. The Labute approximate surface area is 153 Å². The molecule has 26 heavy (non-hydrogen) atoms. The molecule has 0 bridgehead atoms. The second-order valence-electron chi connectivity index (χ2n) is 5.55. The molecular formula is C19H13ClFN5. The summed E-state index contributed by atoms with van der Waals surface area (Å²) < 4.78 is 13.3. The number of rotatable bonds is 4. The predicted octanol–water partition coefficient (Wildman–Crippen LogP) is 5.30. The van der Waals surface area contributed by atoms with Crippen LogP contribution in [0.3, 0.4) is 0 Å². The van der Waals surface area contributed by atoms with Crippen LogP contribution in [0.2, 0.25) is 5.02 Å². The quantitative estimate of drug-likeness (QED) is 0.513. The van der Waals surface area contributed by atoms with Gasteiger partial charge in [0.2, 0.25) is 0 Å². The number of para-hydroxylation sites is 1. The molecule has 0 atom stereocenters. The molecule has 0 fully saturated rings. The van der Waals surface area contributed by atoms with E-state index in [1.165, 1.54) is 18.5 Å². The van der Waals surface area contributed by atoms with E-state index in [0.29, 0.717) is 17.3 Å². The van der Waals surface area contributed by atoms with Gasteiger partial charge in [0.25, 0.3) is 0 Å². The Balaban J connectivity index is 1.60. The second kappa shape index (κ2) is 6.93. The van der Waals surface area contributed by atoms with Crippen LogP contribution in [0.15, 0.2) is 67.1 Å². The summed E-state index contributed by atoms with van der Waals surface area (Å²) in [5.41, 5.74) is 2.33. The largest absolute Gasteiger partial charge is 0.340 e. The van der Waals surface area contributed by atoms with Gasteiger partial charge in [-0.05, 0) is 30.3 Å². The number of halogens is 2. The minimum atomic E-state index is -0.467. The maximum absolute atomic E-state index is 13.3. The number of nitrogens with zero attached hydrogens (tertiary/aromatic N) is 3. The van der Waals surface area contributed by atoms with Crippen LogP contribution >= 0.6 is 11.6 Å². The summed E-state index contributed by atoms with van der Waals surface area (Å²) in [6.07, 6.45) is 3.19. The number of hydrogen-bond donors (Lipinski definition) is 2. The third-order valence-corrected chi connectivity index (χ3v) is 4.04. The van der Waals surface area contributed by atoms with Gasteiger partial charge in [-0.15, -0.1) is 0 Å². The number of hydrogen-bond acceptors (Lipinski definition) is 5. The molecule has 2 aromatic heterocycles. The van der Waals surface area contributed by atoms with Crippen LogP contribution < -0.4 is 10.6 Å². The topological polar surface area (TPSA) is 62.7 Å². The Morgan fingerprint density at radius 2 is 1.65 bits per heavy atom. The van der Waals surface area contributed by atoms with E-state index >= 15 is 0 Å². The lowest BCUT2D eigenvalue weighted by Gasteiger charge is -2.10. The van der Waals surface area contributed by atoms with Crippen molar-refractivity contribution in [3.05, 3.63) is 78.0 Å². The summed E-state index contributed by atoms with van der Waals surface area (Å²) in [6, 6.07) is 15.9. The third-order valence-electron chi connectivity index (χ3n) is 3.75. The molecule has 0 radical (unpaired) electrons. The highest BCUT2D eigenvalue weighted by Crippen LogP contribution is 2.26. The third kappa shape index (κ3) is 3.41. The molecule has 0 unspecified atom stereocenters. The van der Waals surface area contributed by atoms with Crippen LogP contribution in [0.1, 0.15) is 0 Å². The van der Waals surface area contributed by atoms with Crippen molar-refractivity contribution in [3.8, 4) is 0 Å². The molecule has 7 heteroatoms. The van der Waals surface area contributed by atoms with Crippen molar-refractivity contribution in [2.45, 2.75) is 0 Å². The van der Waals surface area contributed by atoms with Crippen molar-refractivity contribution in [1.82, 2.24) is 15.0 Å². The van der Waals surface area contributed by atoms with Crippen LogP contribution in [0.5, 0.6) is 0 Å². The summed E-state index contributed by atoms with van der Waals surface area (Å²) in [5, 5.41) is 7.41. The molecule has 5 nitrogen and oxygen atoms in total. The maximum atomic E-state index is 13.3. The summed E-state index contributed by atoms with van der Waals surface area (Å²) in [5.74, 6) is 0.693. The molecule has 2 aromatic carbocycles. The first-order chi connectivity index (χ1) is 12.7. The molecule has 4 rings (SSSR count). The van der Waals surface area contributed by atoms with Crippen molar-refractivity contribution in [2.75, 3.05) is 10.6 Å². The average molecular weight is 366 g/mol. The van der Waals surface area contributed by atoms with Crippen LogP contribution in [0, 0.1) is 5.82 Å². The van der Waals surface area contributed by atoms with Gasteiger partial charge in [0.15, 0.2) is 0 Å². The smallest absolute Gasteiger partial charge is 0.141 e. The Kier molecular flexibility index (Phi) is 4.33. The molecule has 0 aliphatic heterocycles. The van der Waals surface area contributed by atoms with E-state index in [0.717, 1.165) is 16.6 Å². The number of benzene rings is 2. The Hall–Kier alpha value is -3.25. The molecular weight excluding hydrogens is 353 g/mol. The molecule has 2 heterocycles. The van der Waals surface area contributed by atoms with Crippen molar-refractivity contribution < 1.29 is 4.39 Å². The fraction of sp³-hybridized carbons (Fsp3) is 0. The van der Waals surface area contributed by atoms with Crippen LogP contribution in [0.4, 0.5) is 27.4 Å². The van der Waals surface area contributed by atoms with Crippen molar-refractivity contribution in [2.24, 2.45) is 0 Å². The zero-order valence-corrected chi connectivity index (χ0v) is 14.2. The first-order valence-electron chi connectivity index (χ1n) is 7.84. The summed E-state index contributed by atoms with van der Waals surface area (Å²) >= 11 is 5.81. The summed E-state index contributed by atoms with van der Waals surface area (Å²) in [4.78, 5) is 12.8. The highest BCUT2D eigenvalue weighted by molar-refractivity contribution is 6.31. The van der Waals surface area contributed by atoms with Crippen molar-refractivity contribution in [1.29, 1.82) is 0 Å². The van der Waals surface area contributed by atoms with Gasteiger partial charge < -0.3 is 10.6 Å². The van der Waals surface area contributed by atoms with Gasteiger partial charge >= 0.3 is 0 Å². The first-order valence-corrected chi connectivity index (χ1v) is 8.22. The van der Waals surface area contributed by atoms with Gasteiger partial charge in [-0.3, -0.25) is 4.98 Å². The predicted molar refractivity (Wildman–Crippen MR) is 102 cm³/mol. The van der Waals surface area contributed by atoms with Gasteiger partial charge in [0.05, 0.1) is 16.2 Å². The second-order valence-corrected chi connectivity index (χ2v) is 5.96. The van der Waals surface area contributed by atoms with Crippen LogP contribution in [0.25, 0.3) is 10.9 Å². The van der Waals surface area contributed by atoms with E-state index in [1.807, 2.05) is 30.3 Å². The van der Waals surface area contributed by atoms with E-state index in [1.54, 1.807) is 18.3 Å². The lowest BCUT2D eigenvalue weighted by atomic mass is 10.2. The molecule has 0 spiro atoms. The number of pyridine rings is 1. The van der Waals surface area contributed by atoms with Gasteiger partial charge in [0, 0.05) is 23.3 Å². The highest BCUT2D eigenvalue weighted by Gasteiger charge is 2.06. The zero-order valence-electron chi connectivity index (χ0n) is 13.4. The number of nitrogens with one attached hydrogen (secondary N) is 2. The molecule has 0 aliphatic carbocycles. The average Bonchev–Trinajstić information content (AvgIpc) is 2.65. The Morgan fingerprint density at radius 3 is 2.50 bits per heavy atom. The molecule has 0 aliphatic rings. The molecule has 4 aromatic rings. The molecule has 2 N–H and O–H groups in total. The summed E-state index contributed by atoms with van der Waals surface area (Å²) in [7, 11) is 0. The van der Waals surface area contributed by atoms with E-state index in [4.69, 9.17) is 11.6 Å². The number of aromatic nitrogens is 3. The lowest BCUT2D eigenvalue weighted by Crippen LogP contribution is -1.99. The fourth-order valence-corrected chi connectivity index (χ4v) is 2.74. The number of anilines is 4. The fourth-order valence-electron chi connectivity index (χ4n) is 2.56. The first kappa shape index (κ1) is 16.2. The Bertz CT molecular complexity index is 1080. The maximum Gasteiger partial charge on any atom is 0.141 e. The molecule has 0 saturated carbocycles. The highest BCUT2D eigenvalue weighted by atomic mass is 35.5. The number of fused-ring (bicyclic) bond motifs is 1. The van der Waals surface area contributed by atoms with Crippen molar-refractivity contribution in [3.63, 3.8) is 0 Å². The minimum Gasteiger partial charge on any atom is -0.340 e. The Morgan fingerprint density at radius 1 is 0.846 bits per heavy atom. The van der Waals surface area contributed by atoms with Crippen molar-refractivity contribution >= 4 is 45.5 Å². The van der Waals surface area contributed by atoms with Gasteiger partial charge in [-0.1, -0.05) is 29.8 Å². The van der Waals surface area contributed by atoms with Gasteiger partial charge in [0.1, 0.15) is 23.8 Å². The summed E-state index contributed by atoms with van der Waals surface area (Å²) in [6.45, 7) is 0. The van der Waals surface area contributed by atoms with Crippen LogP contribution in [-0.4, -0.2) is 15.0 Å². The van der Waals surface area contributed by atoms with E-state index in [2.05, 4.69) is 25.6 Å². The van der Waals surface area contributed by atoms with E-state index in [-0.39, 0.29) is 5.02 Å². The molecule has 0 amide bonds. The van der Waals surface area contributed by atoms with E-state index < -0.39 is 5.82 Å².